The van der Waals surface area contributed by atoms with Crippen molar-refractivity contribution in [3.8, 4) is 28.7 Å². The number of methoxy groups -OCH3 is 7. The van der Waals surface area contributed by atoms with Crippen LogP contribution in [0.25, 0.3) is 0 Å². The molecule has 5 amide bonds. The number of halogens is 7. The number of hydrogen-bond donors (Lipinski definition) is 3. The Labute approximate surface area is 954 Å². The van der Waals surface area contributed by atoms with Crippen molar-refractivity contribution in [3.63, 3.8) is 0 Å². The van der Waals surface area contributed by atoms with Crippen LogP contribution in [0.4, 0.5) is 9.59 Å². The molecule has 5 aromatic rings. The molecule has 1 unspecified atom stereocenters. The number of nitrogens with one attached hydrogen (secondary N) is 1. The number of thiol groups is 1. The van der Waals surface area contributed by atoms with Gasteiger partial charge in [-0.3, -0.25) is 48.3 Å². The summed E-state index contributed by atoms with van der Waals surface area (Å²) in [7, 11) is 12.7. The number of rotatable bonds is 28. The van der Waals surface area contributed by atoms with Gasteiger partial charge in [-0.2, -0.15) is 12.6 Å². The quantitative estimate of drug-likeness (QED) is 0.00482. The molecular formula is C100H139BCl6ILiN9O21PS5V. The number of thioether (sulfide) groups is 4. The Morgan fingerprint density at radius 2 is 0.719 bits per heavy atom. The maximum Gasteiger partial charge on any atom is 1.00 e. The molecule has 6 aliphatic heterocycles. The average molecular weight is 2400 g/mol. The van der Waals surface area contributed by atoms with Crippen LogP contribution in [0.15, 0.2) is 106 Å². The van der Waals surface area contributed by atoms with Crippen LogP contribution in [-0.4, -0.2) is 335 Å². The van der Waals surface area contributed by atoms with Gasteiger partial charge in [0.1, 0.15) is 39.9 Å². The van der Waals surface area contributed by atoms with Crippen molar-refractivity contribution in [3.05, 3.63) is 142 Å². The minimum Gasteiger partial charge on any atom is -0.870 e. The average Bonchev–Trinajstić information content (AvgIpc) is 1.78. The van der Waals surface area contributed by atoms with Gasteiger partial charge in [0, 0.05) is 210 Å². The fraction of sp³-hybridized carbons (Fsp3) is 0.570. The summed E-state index contributed by atoms with van der Waals surface area (Å²) in [5.74, 6) is 6.77. The first kappa shape index (κ1) is 133. The predicted octanol–water partition coefficient (Wildman–Crippen LogP) is 16.5. The first-order valence-corrected chi connectivity index (χ1v) is 55.5. The molecule has 0 spiro atoms. The number of carbonyl (C=O) groups is 9. The topological polar surface area (TPSA) is 342 Å². The van der Waals surface area contributed by atoms with Crippen LogP contribution in [0.3, 0.4) is 0 Å². The second-order valence-electron chi connectivity index (χ2n) is 36.8. The third-order valence-electron chi connectivity index (χ3n) is 24.0. The number of aliphatic carboxylic acids is 1. The van der Waals surface area contributed by atoms with Crippen LogP contribution < -0.4 is 47.9 Å². The van der Waals surface area contributed by atoms with E-state index in [2.05, 4.69) is 96.1 Å². The standard InChI is InChI=1S/C24H34ClN3O4S.C22H28ClN3O3S.C13H15ClO3S.C12H13ClO3S.C12H23N3O2.C10H10ClIO.C3H3ClO.C3H6O2S.CH4.BH2OP.Li.H2O.V/c1-24(2,3)32-23(30)28-13-17(14-28)26-7-9-27(10-8-26)22(29)15-33-21-11-18(16-5-6-16)19(25)12-20(21)31-4;1-3-21(27)26-12-16(13-26)24-6-8-25(9-7-24)22(28)14-30-20-10-17(15-4-5-15)18(23)11-19(20)29-2;1-16-11-6-10(14)9(8-3-4-8)5-12(11)18-7-13(15)17-2;1-16-10-5-9(13)8(7-2-3-7)4-11(10)17-6-12(14)15;1-12(2,3)17-11(16)15-8-10(9-15)14-6-4-13-5-7-14;1-13-10-5-8(11)7(4-9(10)12)6-2-3-6;1-2-3(4)5;1-5-3(4)2-6;;2-1-3;;;/h11-12,16-17H,5-10,13-15H2,1-4H3;3,10-11,15-16H,1,4-9,12-14H2,2H3;5-6,8H,3-4,7H2,1-2H3;4-5,7H,2-3,6H2,1H3,(H,14,15);10,13H,4-9H2,1-3H3;4-6H,2-3H2,1H3;2H,1H2;6H,2H2,1H3;1H4;3H2;;1H2;/q;;;;;;;;;;+1;;/p-1. The van der Waals surface area contributed by atoms with E-state index in [-0.39, 0.29) is 109 Å². The van der Waals surface area contributed by atoms with Crippen molar-refractivity contribution in [1.29, 1.82) is 0 Å². The normalized spacial score (nSPS) is 16.8. The Hall–Kier alpha value is -4.89. The number of carboxylic acid groups (broad SMARTS) is 1. The number of likely N-dealkylation sites (tertiary alicyclic amines) is 3. The number of benzene rings is 5. The molecule has 5 saturated carbocycles. The van der Waals surface area contributed by atoms with E-state index in [0.717, 1.165) is 182 Å². The van der Waals surface area contributed by atoms with Crippen molar-refractivity contribution < 1.29 is 138 Å². The number of amides is 5. The summed E-state index contributed by atoms with van der Waals surface area (Å²) in [6, 6.07) is 20.9. The number of carboxylic acids is 1. The van der Waals surface area contributed by atoms with E-state index in [4.69, 9.17) is 113 Å². The molecule has 30 nitrogen and oxygen atoms in total. The van der Waals surface area contributed by atoms with E-state index >= 15 is 0 Å². The van der Waals surface area contributed by atoms with Gasteiger partial charge in [0.25, 0.3) is 0 Å². The number of allylic oxidation sites excluding steroid dienone is 1. The second kappa shape index (κ2) is 66.4. The maximum absolute atomic E-state index is 12.9. The summed E-state index contributed by atoms with van der Waals surface area (Å²) in [5, 5.41) is 15.3. The zero-order chi connectivity index (χ0) is 104. The summed E-state index contributed by atoms with van der Waals surface area (Å²) in [6.07, 6.45) is 14.0. The Morgan fingerprint density at radius 1 is 0.452 bits per heavy atom. The van der Waals surface area contributed by atoms with Crippen LogP contribution in [0.1, 0.15) is 171 Å². The zero-order valence-electron chi connectivity index (χ0n) is 84.9. The van der Waals surface area contributed by atoms with Gasteiger partial charge in [0.05, 0.1) is 102 Å². The van der Waals surface area contributed by atoms with Gasteiger partial charge in [-0.1, -0.05) is 78.6 Å². The van der Waals surface area contributed by atoms with Crippen LogP contribution in [-0.2, 0) is 75.8 Å². The number of hydrogen-bond acceptors (Lipinski definition) is 29. The van der Waals surface area contributed by atoms with E-state index < -0.39 is 22.4 Å². The molecule has 16 rings (SSSR count). The third kappa shape index (κ3) is 44.5. The first-order chi connectivity index (χ1) is 67.6. The Morgan fingerprint density at radius 3 is 0.966 bits per heavy atom. The van der Waals surface area contributed by atoms with E-state index in [0.29, 0.717) is 109 Å². The van der Waals surface area contributed by atoms with E-state index in [1.54, 1.807) is 56.3 Å². The minimum atomic E-state index is -0.833. The number of piperazine rings is 3. The van der Waals surface area contributed by atoms with Gasteiger partial charge < -0.3 is 83.0 Å². The molecule has 146 heavy (non-hydrogen) atoms. The Kier molecular flexibility index (Phi) is 60.6. The van der Waals surface area contributed by atoms with Gasteiger partial charge in [-0.25, -0.2) is 9.59 Å². The molecule has 5 aromatic carbocycles. The van der Waals surface area contributed by atoms with Crippen LogP contribution in [0.2, 0.25) is 25.1 Å². The zero-order valence-corrected chi connectivity index (χ0v) is 98.3. The van der Waals surface area contributed by atoms with Gasteiger partial charge in [0.2, 0.25) is 23.0 Å². The smallest absolute Gasteiger partial charge is 0.870 e. The summed E-state index contributed by atoms with van der Waals surface area (Å²) >= 11 is 47.7. The van der Waals surface area contributed by atoms with Gasteiger partial charge in [-0.15, -0.1) is 47.0 Å². The molecule has 5 aliphatic carbocycles. The fourth-order valence-electron chi connectivity index (χ4n) is 15.4. The molecule has 0 bridgehead atoms. The number of nitrogens with zero attached hydrogens (tertiary/aromatic N) is 8. The molecule has 3 N–H and O–H groups in total. The largest absolute Gasteiger partial charge is 1.00 e. The SMILES string of the molecule is C.C=CC(=O)Cl.C=CC(=O)N1CC(N2CCN(C(=O)CSc3cc(C4CC4)c(Cl)cc3OC)CC2)C1.CC(C)(C)OC(=O)N1CC(N2CCNCC2)C1.COC(=O)CS.COC(=O)CSc1cc(C2CC2)c(Cl)cc1OC.COc1cc(Cl)c(C2CC2)cc1I.COc1cc(Cl)c(C2CC2)cc1SCC(=O)N1CCN(C2CN(C(=O)OC(C)(C)C)C2)CC1.COc1cc(Cl)c(C2CC2)cc1SCC(=O)O.O=BP.[Li+].[OH-].[V]. The number of ether oxygens (including phenoxy) is 9. The van der Waals surface area contributed by atoms with Gasteiger partial charge in [0.15, 0.2) is 0 Å². The third-order valence-corrected chi connectivity index (χ3v) is 31.0. The minimum absolute atomic E-state index is 0. The molecule has 6 heterocycles. The molecular weight excluding hydrogens is 2260 g/mol. The van der Waals surface area contributed by atoms with E-state index in [1.807, 2.05) is 96.9 Å². The van der Waals surface area contributed by atoms with Crippen molar-refractivity contribution in [1.82, 2.24) is 44.5 Å². The van der Waals surface area contributed by atoms with Crippen molar-refractivity contribution >= 4 is 221 Å². The molecule has 0 aromatic heterocycles. The Balaban J connectivity index is 0.000000362. The van der Waals surface area contributed by atoms with Crippen molar-refractivity contribution in [2.45, 2.75) is 192 Å². The van der Waals surface area contributed by atoms with Crippen LogP contribution in [0, 0.1) is 3.57 Å². The summed E-state index contributed by atoms with van der Waals surface area (Å²) in [4.78, 5) is 122. The van der Waals surface area contributed by atoms with E-state index in [1.165, 1.54) is 135 Å². The molecule has 1 atom stereocenters. The Bertz CT molecular complexity index is 5120. The van der Waals surface area contributed by atoms with Crippen molar-refractivity contribution in [2.24, 2.45) is 0 Å². The van der Waals surface area contributed by atoms with Crippen molar-refractivity contribution in [2.75, 3.05) is 196 Å². The molecule has 46 heteroatoms. The monoisotopic (exact) mass is 2400 g/mol. The molecule has 11 fully saturated rings. The van der Waals surface area contributed by atoms with Crippen LogP contribution >= 0.6 is 161 Å². The molecule has 1 radical (unpaired) electrons. The number of esters is 2. The van der Waals surface area contributed by atoms with Crippen LogP contribution in [0.5, 0.6) is 28.7 Å². The first-order valence-electron chi connectivity index (χ1n) is 46.9. The summed E-state index contributed by atoms with van der Waals surface area (Å²) in [6.45, 7) is 33.7. The molecule has 803 valence electrons. The molecule has 6 saturated heterocycles. The maximum atomic E-state index is 12.9. The van der Waals surface area contributed by atoms with E-state index in [9.17, 15) is 43.2 Å². The summed E-state index contributed by atoms with van der Waals surface area (Å²) in [5.41, 5.74) is 5.03. The predicted molar refractivity (Wildman–Crippen MR) is 591 cm³/mol. The number of carbonyl (C=O) groups excluding carboxylic acids is 8. The second-order valence-corrected chi connectivity index (χ2v) is 45.0. The van der Waals surface area contributed by atoms with Gasteiger partial charge >= 0.3 is 69.6 Å². The summed E-state index contributed by atoms with van der Waals surface area (Å²) < 4.78 is 56.2. The fourth-order valence-corrected chi connectivity index (χ4v) is 21.4. The molecule has 11 aliphatic rings. The van der Waals surface area contributed by atoms with Gasteiger partial charge in [-0.05, 0) is 240 Å².